The van der Waals surface area contributed by atoms with Gasteiger partial charge in [0.2, 0.25) is 0 Å². The summed E-state index contributed by atoms with van der Waals surface area (Å²) < 4.78 is 0. The number of fused-ring (bicyclic) bond motifs is 1. The Morgan fingerprint density at radius 1 is 1.16 bits per heavy atom. The van der Waals surface area contributed by atoms with Crippen molar-refractivity contribution in [2.45, 2.75) is 51.0 Å². The van der Waals surface area contributed by atoms with E-state index in [1.807, 2.05) is 18.5 Å². The number of aromatic nitrogens is 1. The maximum absolute atomic E-state index is 5.83. The average Bonchev–Trinajstić information content (AvgIpc) is 2.49. The molecule has 2 aliphatic carbocycles. The Labute approximate surface area is 116 Å². The van der Waals surface area contributed by atoms with Crippen LogP contribution in [-0.2, 0) is 0 Å². The summed E-state index contributed by atoms with van der Waals surface area (Å²) >= 11 is 0. The first-order chi connectivity index (χ1) is 9.38. The maximum atomic E-state index is 5.83. The number of nitrogens with zero attached hydrogens (tertiary/aromatic N) is 1. The molecule has 0 spiro atoms. The Hall–Kier alpha value is -0.930. The third-order valence-electron chi connectivity index (χ3n) is 5.27. The minimum absolute atomic E-state index is 0.275. The van der Waals surface area contributed by atoms with E-state index in [1.54, 1.807) is 0 Å². The fraction of sp³-hybridized carbons (Fsp3) is 0.688. The fourth-order valence-electron chi connectivity index (χ4n) is 4.28. The maximum Gasteiger partial charge on any atom is 0.0503 e. The molecular weight excluding hydrogens is 234 g/mol. The summed E-state index contributed by atoms with van der Waals surface area (Å²) in [5.74, 6) is 8.44. The van der Waals surface area contributed by atoms with Crippen molar-refractivity contribution in [1.29, 1.82) is 0 Å². The zero-order valence-electron chi connectivity index (χ0n) is 11.6. The molecule has 2 aliphatic rings. The van der Waals surface area contributed by atoms with E-state index in [9.17, 15) is 0 Å². The SMILES string of the molecule is NNC(c1cccnc1)C1CCC2CCCCC2C1. The zero-order chi connectivity index (χ0) is 13.1. The first-order valence-corrected chi connectivity index (χ1v) is 7.74. The molecular formula is C16H25N3. The van der Waals surface area contributed by atoms with Crippen LogP contribution in [0.25, 0.3) is 0 Å². The first kappa shape index (κ1) is 13.1. The molecule has 1 aromatic heterocycles. The lowest BCUT2D eigenvalue weighted by Crippen LogP contribution is -2.38. The smallest absolute Gasteiger partial charge is 0.0503 e. The normalized spacial score (nSPS) is 32.6. The highest BCUT2D eigenvalue weighted by atomic mass is 15.2. The second-order valence-corrected chi connectivity index (χ2v) is 6.31. The van der Waals surface area contributed by atoms with Crippen molar-refractivity contribution in [2.75, 3.05) is 0 Å². The van der Waals surface area contributed by atoms with Crippen LogP contribution in [-0.4, -0.2) is 4.98 Å². The van der Waals surface area contributed by atoms with Gasteiger partial charge in [0.15, 0.2) is 0 Å². The molecule has 1 aromatic rings. The Kier molecular flexibility index (Phi) is 4.14. The highest BCUT2D eigenvalue weighted by Gasteiger charge is 2.35. The average molecular weight is 259 g/mol. The quantitative estimate of drug-likeness (QED) is 0.647. The monoisotopic (exact) mass is 259 g/mol. The van der Waals surface area contributed by atoms with Gasteiger partial charge < -0.3 is 0 Å². The fourth-order valence-corrected chi connectivity index (χ4v) is 4.28. The van der Waals surface area contributed by atoms with Crippen LogP contribution < -0.4 is 11.3 Å². The number of hydrazine groups is 1. The van der Waals surface area contributed by atoms with Crippen molar-refractivity contribution in [3.63, 3.8) is 0 Å². The van der Waals surface area contributed by atoms with Crippen LogP contribution in [0, 0.1) is 17.8 Å². The predicted octanol–water partition coefficient (Wildman–Crippen LogP) is 3.19. The molecule has 1 heterocycles. The number of pyridine rings is 1. The van der Waals surface area contributed by atoms with Gasteiger partial charge in [-0.1, -0.05) is 31.7 Å². The summed E-state index contributed by atoms with van der Waals surface area (Å²) in [5.41, 5.74) is 4.28. The number of hydrogen-bond donors (Lipinski definition) is 2. The Morgan fingerprint density at radius 2 is 2.00 bits per heavy atom. The highest BCUT2D eigenvalue weighted by Crippen LogP contribution is 2.45. The van der Waals surface area contributed by atoms with Crippen molar-refractivity contribution in [1.82, 2.24) is 10.4 Å². The lowest BCUT2D eigenvalue weighted by atomic mass is 9.65. The molecule has 3 N–H and O–H groups in total. The molecule has 0 bridgehead atoms. The first-order valence-electron chi connectivity index (χ1n) is 7.74. The lowest BCUT2D eigenvalue weighted by Gasteiger charge is -2.41. The molecule has 0 amide bonds. The second-order valence-electron chi connectivity index (χ2n) is 6.31. The van der Waals surface area contributed by atoms with E-state index >= 15 is 0 Å². The van der Waals surface area contributed by atoms with Gasteiger partial charge in [0.05, 0.1) is 6.04 Å². The van der Waals surface area contributed by atoms with Crippen LogP contribution in [0.2, 0.25) is 0 Å². The Bertz CT molecular complexity index is 392. The summed E-state index contributed by atoms with van der Waals surface area (Å²) in [6.45, 7) is 0. The van der Waals surface area contributed by atoms with Crippen molar-refractivity contribution in [2.24, 2.45) is 23.6 Å². The van der Waals surface area contributed by atoms with Gasteiger partial charge in [0.1, 0.15) is 0 Å². The van der Waals surface area contributed by atoms with Crippen molar-refractivity contribution in [3.05, 3.63) is 30.1 Å². The van der Waals surface area contributed by atoms with Gasteiger partial charge in [-0.15, -0.1) is 0 Å². The molecule has 104 valence electrons. The van der Waals surface area contributed by atoms with Crippen LogP contribution in [0.5, 0.6) is 0 Å². The molecule has 3 rings (SSSR count). The number of rotatable bonds is 3. The van der Waals surface area contributed by atoms with E-state index in [0.717, 1.165) is 11.8 Å². The van der Waals surface area contributed by atoms with E-state index in [4.69, 9.17) is 5.84 Å². The van der Waals surface area contributed by atoms with Gasteiger partial charge in [0, 0.05) is 12.4 Å². The molecule has 2 fully saturated rings. The summed E-state index contributed by atoms with van der Waals surface area (Å²) in [6.07, 6.45) is 13.6. The summed E-state index contributed by atoms with van der Waals surface area (Å²) in [6, 6.07) is 4.42. The molecule has 4 atom stereocenters. The summed E-state index contributed by atoms with van der Waals surface area (Å²) in [5, 5.41) is 0. The van der Waals surface area contributed by atoms with Crippen molar-refractivity contribution in [3.8, 4) is 0 Å². The molecule has 2 saturated carbocycles. The molecule has 19 heavy (non-hydrogen) atoms. The van der Waals surface area contributed by atoms with Crippen LogP contribution >= 0.6 is 0 Å². The molecule has 0 saturated heterocycles. The molecule has 3 heteroatoms. The third kappa shape index (κ3) is 2.82. The van der Waals surface area contributed by atoms with Gasteiger partial charge in [-0.25, -0.2) is 0 Å². The van der Waals surface area contributed by atoms with Crippen LogP contribution in [0.1, 0.15) is 56.6 Å². The van der Waals surface area contributed by atoms with Gasteiger partial charge in [-0.3, -0.25) is 16.3 Å². The van der Waals surface area contributed by atoms with Gasteiger partial charge in [0.25, 0.3) is 0 Å². The Balaban J connectivity index is 1.70. The van der Waals surface area contributed by atoms with Crippen molar-refractivity contribution < 1.29 is 0 Å². The van der Waals surface area contributed by atoms with Gasteiger partial charge in [-0.05, 0) is 48.6 Å². The number of nitrogens with one attached hydrogen (secondary N) is 1. The highest BCUT2D eigenvalue weighted by molar-refractivity contribution is 5.15. The van der Waals surface area contributed by atoms with Crippen LogP contribution in [0.15, 0.2) is 24.5 Å². The topological polar surface area (TPSA) is 50.9 Å². The summed E-state index contributed by atoms with van der Waals surface area (Å²) in [4.78, 5) is 4.23. The molecule has 0 aromatic carbocycles. The number of hydrogen-bond acceptors (Lipinski definition) is 3. The van der Waals surface area contributed by atoms with E-state index in [0.29, 0.717) is 5.92 Å². The largest absolute Gasteiger partial charge is 0.271 e. The molecule has 3 nitrogen and oxygen atoms in total. The second kappa shape index (κ2) is 6.02. The lowest BCUT2D eigenvalue weighted by molar-refractivity contribution is 0.109. The molecule has 0 aliphatic heterocycles. The van der Waals surface area contributed by atoms with Crippen LogP contribution in [0.4, 0.5) is 0 Å². The molecule has 4 unspecified atom stereocenters. The van der Waals surface area contributed by atoms with E-state index in [-0.39, 0.29) is 6.04 Å². The van der Waals surface area contributed by atoms with Crippen LogP contribution in [0.3, 0.4) is 0 Å². The minimum Gasteiger partial charge on any atom is -0.271 e. The third-order valence-corrected chi connectivity index (χ3v) is 5.27. The minimum atomic E-state index is 0.275. The number of nitrogens with two attached hydrogens (primary N) is 1. The predicted molar refractivity (Wildman–Crippen MR) is 77.1 cm³/mol. The van der Waals surface area contributed by atoms with E-state index in [2.05, 4.69) is 16.5 Å². The van der Waals surface area contributed by atoms with Gasteiger partial charge >= 0.3 is 0 Å². The summed E-state index contributed by atoms with van der Waals surface area (Å²) in [7, 11) is 0. The van der Waals surface area contributed by atoms with E-state index < -0.39 is 0 Å². The van der Waals surface area contributed by atoms with Crippen molar-refractivity contribution >= 4 is 0 Å². The Morgan fingerprint density at radius 3 is 2.74 bits per heavy atom. The zero-order valence-corrected chi connectivity index (χ0v) is 11.6. The van der Waals surface area contributed by atoms with Gasteiger partial charge in [-0.2, -0.15) is 0 Å². The molecule has 0 radical (unpaired) electrons. The van der Waals surface area contributed by atoms with E-state index in [1.165, 1.54) is 50.5 Å². The standard InChI is InChI=1S/C16H25N3/c17-19-16(15-6-3-9-18-11-15)14-8-7-12-4-1-2-5-13(12)10-14/h3,6,9,11-14,16,19H,1-2,4-5,7-8,10,17H2.